The number of nitrogens with one attached hydrogen (secondary N) is 2. The molecule has 23 heavy (non-hydrogen) atoms. The van der Waals surface area contributed by atoms with Crippen molar-refractivity contribution < 1.29 is 13.2 Å². The van der Waals surface area contributed by atoms with E-state index in [-0.39, 0.29) is 23.4 Å². The van der Waals surface area contributed by atoms with E-state index in [9.17, 15) is 18.0 Å². The zero-order valence-corrected chi connectivity index (χ0v) is 12.5. The SMILES string of the molecule is Cc1cc(C)c(CNc2ccc(C#N)cc2C(F)(F)F)c(=O)[nH]1. The second-order valence-corrected chi connectivity index (χ2v) is 5.17. The smallest absolute Gasteiger partial charge is 0.380 e. The van der Waals surface area contributed by atoms with Crippen LogP contribution in [0.5, 0.6) is 0 Å². The van der Waals surface area contributed by atoms with Crippen molar-refractivity contribution in [2.24, 2.45) is 0 Å². The summed E-state index contributed by atoms with van der Waals surface area (Å²) in [6.45, 7) is 3.41. The van der Waals surface area contributed by atoms with E-state index in [0.717, 1.165) is 6.07 Å². The van der Waals surface area contributed by atoms with Gasteiger partial charge in [0.25, 0.3) is 5.56 Å². The van der Waals surface area contributed by atoms with Crippen LogP contribution in [0.4, 0.5) is 18.9 Å². The summed E-state index contributed by atoms with van der Waals surface area (Å²) in [4.78, 5) is 14.5. The number of anilines is 1. The first-order valence-corrected chi connectivity index (χ1v) is 6.77. The van der Waals surface area contributed by atoms with E-state index >= 15 is 0 Å². The van der Waals surface area contributed by atoms with Gasteiger partial charge in [-0.2, -0.15) is 18.4 Å². The third kappa shape index (κ3) is 3.72. The fourth-order valence-corrected chi connectivity index (χ4v) is 2.29. The lowest BCUT2D eigenvalue weighted by Gasteiger charge is -2.15. The molecule has 0 aliphatic rings. The number of aryl methyl sites for hydroxylation is 2. The summed E-state index contributed by atoms with van der Waals surface area (Å²) in [7, 11) is 0. The highest BCUT2D eigenvalue weighted by Crippen LogP contribution is 2.35. The molecule has 0 radical (unpaired) electrons. The highest BCUT2D eigenvalue weighted by atomic mass is 19.4. The molecule has 0 spiro atoms. The van der Waals surface area contributed by atoms with Crippen molar-refractivity contribution in [2.45, 2.75) is 26.6 Å². The molecule has 7 heteroatoms. The molecule has 1 aromatic carbocycles. The maximum absolute atomic E-state index is 13.1. The molecule has 0 bridgehead atoms. The number of alkyl halides is 3. The first-order chi connectivity index (χ1) is 10.7. The number of hydrogen-bond acceptors (Lipinski definition) is 3. The number of benzene rings is 1. The van der Waals surface area contributed by atoms with Gasteiger partial charge in [-0.3, -0.25) is 4.79 Å². The van der Waals surface area contributed by atoms with Crippen molar-refractivity contribution in [3.05, 3.63) is 62.6 Å². The Balaban J connectivity index is 2.35. The van der Waals surface area contributed by atoms with Crippen LogP contribution in [0.15, 0.2) is 29.1 Å². The minimum atomic E-state index is -4.59. The molecule has 2 rings (SSSR count). The molecule has 1 aromatic heterocycles. The fraction of sp³-hybridized carbons (Fsp3) is 0.250. The highest BCUT2D eigenvalue weighted by molar-refractivity contribution is 5.56. The Morgan fingerprint density at radius 1 is 1.26 bits per heavy atom. The van der Waals surface area contributed by atoms with Gasteiger partial charge in [0.1, 0.15) is 0 Å². The zero-order chi connectivity index (χ0) is 17.2. The molecule has 0 amide bonds. The highest BCUT2D eigenvalue weighted by Gasteiger charge is 2.33. The van der Waals surface area contributed by atoms with Crippen LogP contribution in [0.2, 0.25) is 0 Å². The normalized spacial score (nSPS) is 11.1. The van der Waals surface area contributed by atoms with Crippen molar-refractivity contribution in [1.29, 1.82) is 5.26 Å². The monoisotopic (exact) mass is 321 g/mol. The molecule has 2 N–H and O–H groups in total. The summed E-state index contributed by atoms with van der Waals surface area (Å²) in [6, 6.07) is 6.71. The lowest BCUT2D eigenvalue weighted by molar-refractivity contribution is -0.137. The van der Waals surface area contributed by atoms with Gasteiger partial charge < -0.3 is 10.3 Å². The molecule has 0 saturated heterocycles. The molecule has 0 saturated carbocycles. The van der Waals surface area contributed by atoms with E-state index in [1.807, 2.05) is 0 Å². The van der Waals surface area contributed by atoms with Gasteiger partial charge in [-0.15, -0.1) is 0 Å². The average molecular weight is 321 g/mol. The van der Waals surface area contributed by atoms with Crippen molar-refractivity contribution in [3.63, 3.8) is 0 Å². The topological polar surface area (TPSA) is 68.7 Å². The maximum atomic E-state index is 13.1. The minimum absolute atomic E-state index is 0.0452. The minimum Gasteiger partial charge on any atom is -0.380 e. The van der Waals surface area contributed by atoms with Crippen LogP contribution < -0.4 is 10.9 Å². The summed E-state index contributed by atoms with van der Waals surface area (Å²) in [5.41, 5.74) is 0.234. The molecule has 4 nitrogen and oxygen atoms in total. The summed E-state index contributed by atoms with van der Waals surface area (Å²) in [6.07, 6.45) is -4.59. The number of hydrogen-bond donors (Lipinski definition) is 2. The number of nitrogens with zero attached hydrogens (tertiary/aromatic N) is 1. The largest absolute Gasteiger partial charge is 0.418 e. The number of nitriles is 1. The van der Waals surface area contributed by atoms with Gasteiger partial charge in [-0.25, -0.2) is 0 Å². The van der Waals surface area contributed by atoms with E-state index in [0.29, 0.717) is 16.8 Å². The van der Waals surface area contributed by atoms with Crippen LogP contribution in [0, 0.1) is 25.2 Å². The van der Waals surface area contributed by atoms with Gasteiger partial charge in [0.15, 0.2) is 0 Å². The lowest BCUT2D eigenvalue weighted by Crippen LogP contribution is -2.19. The molecule has 2 aromatic rings. The second kappa shape index (κ2) is 6.16. The summed E-state index contributed by atoms with van der Waals surface area (Å²) in [5.74, 6) is 0. The van der Waals surface area contributed by atoms with Crippen LogP contribution in [0.3, 0.4) is 0 Å². The van der Waals surface area contributed by atoms with Gasteiger partial charge in [-0.1, -0.05) is 0 Å². The third-order valence-electron chi connectivity index (χ3n) is 3.40. The van der Waals surface area contributed by atoms with Crippen molar-refractivity contribution >= 4 is 5.69 Å². The van der Waals surface area contributed by atoms with Gasteiger partial charge in [0.2, 0.25) is 0 Å². The first kappa shape index (κ1) is 16.6. The van der Waals surface area contributed by atoms with Crippen LogP contribution >= 0.6 is 0 Å². The predicted octanol–water partition coefficient (Wildman–Crippen LogP) is 3.49. The van der Waals surface area contributed by atoms with Gasteiger partial charge >= 0.3 is 6.18 Å². The maximum Gasteiger partial charge on any atom is 0.418 e. The van der Waals surface area contributed by atoms with Gasteiger partial charge in [0.05, 0.1) is 17.2 Å². The molecule has 0 aliphatic carbocycles. The van der Waals surface area contributed by atoms with Gasteiger partial charge in [0, 0.05) is 23.5 Å². The molecule has 1 heterocycles. The lowest BCUT2D eigenvalue weighted by atomic mass is 10.1. The number of halogens is 3. The molecule has 0 atom stereocenters. The number of aromatic nitrogens is 1. The van der Waals surface area contributed by atoms with E-state index in [4.69, 9.17) is 5.26 Å². The standard InChI is InChI=1S/C16H14F3N3O/c1-9-5-10(2)22-15(23)12(9)8-21-14-4-3-11(7-20)6-13(14)16(17,18)19/h3-6,21H,8H2,1-2H3,(H,22,23). The van der Waals surface area contributed by atoms with Crippen LogP contribution in [-0.4, -0.2) is 4.98 Å². The van der Waals surface area contributed by atoms with Crippen LogP contribution in [-0.2, 0) is 12.7 Å². The van der Waals surface area contributed by atoms with Crippen LogP contribution in [0.1, 0.15) is 27.9 Å². The summed E-state index contributed by atoms with van der Waals surface area (Å²) < 4.78 is 39.3. The van der Waals surface area contributed by atoms with E-state index in [1.165, 1.54) is 12.1 Å². The Labute approximate surface area is 130 Å². The van der Waals surface area contributed by atoms with E-state index in [1.54, 1.807) is 26.0 Å². The molecular formula is C16H14F3N3O. The Morgan fingerprint density at radius 3 is 2.52 bits per heavy atom. The Morgan fingerprint density at radius 2 is 1.96 bits per heavy atom. The second-order valence-electron chi connectivity index (χ2n) is 5.17. The van der Waals surface area contributed by atoms with Crippen molar-refractivity contribution in [3.8, 4) is 6.07 Å². The van der Waals surface area contributed by atoms with E-state index in [2.05, 4.69) is 10.3 Å². The van der Waals surface area contributed by atoms with Gasteiger partial charge in [-0.05, 0) is 43.7 Å². The number of aromatic amines is 1. The Hall–Kier alpha value is -2.75. The number of rotatable bonds is 3. The number of pyridine rings is 1. The first-order valence-electron chi connectivity index (χ1n) is 6.77. The molecule has 120 valence electrons. The van der Waals surface area contributed by atoms with Crippen molar-refractivity contribution in [1.82, 2.24) is 4.98 Å². The molecule has 0 aliphatic heterocycles. The Kier molecular flexibility index (Phi) is 4.45. The van der Waals surface area contributed by atoms with E-state index < -0.39 is 11.7 Å². The summed E-state index contributed by atoms with van der Waals surface area (Å²) >= 11 is 0. The Bertz CT molecular complexity index is 832. The molecule has 0 fully saturated rings. The quantitative estimate of drug-likeness (QED) is 0.909. The van der Waals surface area contributed by atoms with Crippen LogP contribution in [0.25, 0.3) is 0 Å². The third-order valence-corrected chi connectivity index (χ3v) is 3.40. The average Bonchev–Trinajstić information content (AvgIpc) is 2.45. The molecular weight excluding hydrogens is 307 g/mol. The zero-order valence-electron chi connectivity index (χ0n) is 12.5. The van der Waals surface area contributed by atoms with Crippen molar-refractivity contribution in [2.75, 3.05) is 5.32 Å². The number of H-pyrrole nitrogens is 1. The summed E-state index contributed by atoms with van der Waals surface area (Å²) in [5, 5.41) is 11.4. The fourth-order valence-electron chi connectivity index (χ4n) is 2.29. The predicted molar refractivity (Wildman–Crippen MR) is 80.0 cm³/mol. The molecule has 0 unspecified atom stereocenters.